The van der Waals surface area contributed by atoms with Crippen LogP contribution in [0.1, 0.15) is 12.5 Å². The average Bonchev–Trinajstić information content (AvgIpc) is 2.41. The van der Waals surface area contributed by atoms with E-state index in [4.69, 9.17) is 0 Å². The van der Waals surface area contributed by atoms with Crippen molar-refractivity contribution in [1.29, 1.82) is 0 Å². The Kier molecular flexibility index (Phi) is 2.36. The average molecular weight is 235 g/mol. The van der Waals surface area contributed by atoms with Crippen molar-refractivity contribution in [3.63, 3.8) is 0 Å². The summed E-state index contributed by atoms with van der Waals surface area (Å²) >= 11 is 3.53. The molecule has 2 aliphatic carbocycles. The third kappa shape index (κ3) is 1.61. The molecule has 0 nitrogen and oxygen atoms in total. The summed E-state index contributed by atoms with van der Waals surface area (Å²) in [5.74, 6) is 0. The Balaban J connectivity index is 2.63. The molecular formula is C12H11Br. The van der Waals surface area contributed by atoms with Gasteiger partial charge in [0, 0.05) is 4.47 Å². The molecule has 0 atom stereocenters. The van der Waals surface area contributed by atoms with Crippen molar-refractivity contribution in [2.45, 2.75) is 13.3 Å². The highest BCUT2D eigenvalue weighted by atomic mass is 79.9. The number of hydrogen-bond donors (Lipinski definition) is 0. The van der Waals surface area contributed by atoms with Crippen LogP contribution in [0.25, 0.3) is 11.1 Å². The smallest absolute Gasteiger partial charge is 0.0253 e. The fraction of sp³-hybridized carbons (Fsp3) is 0.167. The Bertz CT molecular complexity index is 393. The number of fused-ring (bicyclic) bond motifs is 1. The highest BCUT2D eigenvalue weighted by Crippen LogP contribution is 2.31. The summed E-state index contributed by atoms with van der Waals surface area (Å²) in [6.07, 6.45) is 1.09. The summed E-state index contributed by atoms with van der Waals surface area (Å²) in [5.41, 5.74) is 3.99. The number of rotatable bonds is 1. The summed E-state index contributed by atoms with van der Waals surface area (Å²) in [5, 5.41) is 0. The van der Waals surface area contributed by atoms with Gasteiger partial charge in [0.1, 0.15) is 0 Å². The second-order valence-electron chi connectivity index (χ2n) is 3.15. The van der Waals surface area contributed by atoms with E-state index in [1.807, 2.05) is 0 Å². The van der Waals surface area contributed by atoms with Crippen molar-refractivity contribution in [2.24, 2.45) is 0 Å². The molecule has 0 aromatic carbocycles. The Morgan fingerprint density at radius 1 is 1.15 bits per heavy atom. The van der Waals surface area contributed by atoms with Crippen molar-refractivity contribution in [3.05, 3.63) is 46.4 Å². The van der Waals surface area contributed by atoms with Crippen molar-refractivity contribution in [3.8, 4) is 11.1 Å². The van der Waals surface area contributed by atoms with Crippen LogP contribution in [-0.2, 0) is 6.42 Å². The lowest BCUT2D eigenvalue weighted by molar-refractivity contribution is 1.15. The second-order valence-corrected chi connectivity index (χ2v) is 4.00. The fourth-order valence-electron chi connectivity index (χ4n) is 1.52. The Hall–Kier alpha value is -0.820. The van der Waals surface area contributed by atoms with Crippen LogP contribution in [0.3, 0.4) is 0 Å². The quantitative estimate of drug-likeness (QED) is 0.697. The van der Waals surface area contributed by atoms with Crippen LogP contribution in [0.5, 0.6) is 0 Å². The summed E-state index contributed by atoms with van der Waals surface area (Å²) in [6.45, 7) is 2.18. The van der Waals surface area contributed by atoms with Gasteiger partial charge >= 0.3 is 0 Å². The maximum atomic E-state index is 3.53. The molecular weight excluding hydrogens is 224 g/mol. The molecule has 0 fully saturated rings. The van der Waals surface area contributed by atoms with Crippen molar-refractivity contribution < 1.29 is 0 Å². The van der Waals surface area contributed by atoms with Crippen LogP contribution in [-0.4, -0.2) is 0 Å². The van der Waals surface area contributed by atoms with Gasteiger partial charge in [0.15, 0.2) is 0 Å². The van der Waals surface area contributed by atoms with Gasteiger partial charge in [-0.05, 0) is 29.2 Å². The molecule has 0 bridgehead atoms. The zero-order valence-electron chi connectivity index (χ0n) is 7.55. The molecule has 0 saturated heterocycles. The number of aryl methyl sites for hydroxylation is 1. The monoisotopic (exact) mass is 234 g/mol. The molecule has 0 amide bonds. The van der Waals surface area contributed by atoms with Crippen molar-refractivity contribution in [2.75, 3.05) is 0 Å². The largest absolute Gasteiger partial charge is 0.0613 e. The lowest BCUT2D eigenvalue weighted by Gasteiger charge is -1.93. The Morgan fingerprint density at radius 3 is 2.77 bits per heavy atom. The molecule has 0 unspecified atom stereocenters. The van der Waals surface area contributed by atoms with Crippen molar-refractivity contribution >= 4 is 15.9 Å². The number of halogens is 1. The van der Waals surface area contributed by atoms with E-state index in [1.54, 1.807) is 0 Å². The zero-order valence-corrected chi connectivity index (χ0v) is 9.14. The third-order valence-electron chi connectivity index (χ3n) is 2.30. The van der Waals surface area contributed by atoms with Crippen LogP contribution < -0.4 is 0 Å². The highest BCUT2D eigenvalue weighted by Gasteiger charge is 2.04. The van der Waals surface area contributed by atoms with Gasteiger partial charge in [-0.2, -0.15) is 0 Å². The molecule has 0 heterocycles. The van der Waals surface area contributed by atoms with E-state index >= 15 is 0 Å². The van der Waals surface area contributed by atoms with Gasteiger partial charge in [-0.15, -0.1) is 0 Å². The van der Waals surface area contributed by atoms with E-state index < -0.39 is 0 Å². The van der Waals surface area contributed by atoms with Gasteiger partial charge in [-0.3, -0.25) is 0 Å². The first-order valence-corrected chi connectivity index (χ1v) is 5.27. The molecule has 2 aliphatic rings. The van der Waals surface area contributed by atoms with Gasteiger partial charge in [-0.25, -0.2) is 0 Å². The van der Waals surface area contributed by atoms with Gasteiger partial charge in [0.2, 0.25) is 0 Å². The Labute approximate surface area is 87.1 Å². The maximum absolute atomic E-state index is 3.53. The first-order chi connectivity index (χ1) is 6.31. The minimum absolute atomic E-state index is 1.09. The van der Waals surface area contributed by atoms with Crippen LogP contribution >= 0.6 is 15.9 Å². The summed E-state index contributed by atoms with van der Waals surface area (Å²) in [7, 11) is 0. The maximum Gasteiger partial charge on any atom is 0.0253 e. The standard InChI is InChI=1S/C12H11Br/c1-2-9-4-3-5-11-10(8-9)6-7-12(11)13/h3-8H,2H2,1H3. The molecule has 2 rings (SSSR count). The first-order valence-electron chi connectivity index (χ1n) is 4.48. The van der Waals surface area contributed by atoms with E-state index in [9.17, 15) is 0 Å². The topological polar surface area (TPSA) is 0 Å². The van der Waals surface area contributed by atoms with Gasteiger partial charge in [-0.1, -0.05) is 53.2 Å². The second kappa shape index (κ2) is 3.51. The minimum Gasteiger partial charge on any atom is -0.0613 e. The fourth-order valence-corrected chi connectivity index (χ4v) is 2.01. The predicted octanol–water partition coefficient (Wildman–Crippen LogP) is 4.12. The summed E-state index contributed by atoms with van der Waals surface area (Å²) in [6, 6.07) is 12.9. The molecule has 0 N–H and O–H groups in total. The van der Waals surface area contributed by atoms with E-state index in [2.05, 4.69) is 59.3 Å². The van der Waals surface area contributed by atoms with Gasteiger partial charge in [0.05, 0.1) is 0 Å². The highest BCUT2D eigenvalue weighted by molar-refractivity contribution is 9.10. The molecule has 0 spiro atoms. The first kappa shape index (κ1) is 8.76. The molecule has 0 aliphatic heterocycles. The summed E-state index contributed by atoms with van der Waals surface area (Å²) in [4.78, 5) is 0. The van der Waals surface area contributed by atoms with Crippen LogP contribution in [0.4, 0.5) is 0 Å². The molecule has 0 aromatic rings. The molecule has 0 aromatic heterocycles. The van der Waals surface area contributed by atoms with Crippen LogP contribution in [0.2, 0.25) is 0 Å². The minimum atomic E-state index is 1.09. The molecule has 13 heavy (non-hydrogen) atoms. The third-order valence-corrected chi connectivity index (χ3v) is 2.99. The normalized spacial score (nSPS) is 10.6. The van der Waals surface area contributed by atoms with E-state index in [0.29, 0.717) is 0 Å². The van der Waals surface area contributed by atoms with Gasteiger partial charge in [0.25, 0.3) is 0 Å². The van der Waals surface area contributed by atoms with Crippen molar-refractivity contribution in [1.82, 2.24) is 0 Å². The summed E-state index contributed by atoms with van der Waals surface area (Å²) < 4.78 is 1.18. The number of hydrogen-bond acceptors (Lipinski definition) is 0. The predicted molar refractivity (Wildman–Crippen MR) is 60.1 cm³/mol. The zero-order chi connectivity index (χ0) is 9.26. The SMILES string of the molecule is CCc1cccc2c(Br)ccc-2c1. The Morgan fingerprint density at radius 2 is 2.00 bits per heavy atom. The van der Waals surface area contributed by atoms with E-state index in [-0.39, 0.29) is 0 Å². The molecule has 66 valence electrons. The molecule has 0 radical (unpaired) electrons. The van der Waals surface area contributed by atoms with E-state index in [0.717, 1.165) is 6.42 Å². The van der Waals surface area contributed by atoms with Crippen LogP contribution in [0.15, 0.2) is 40.9 Å². The van der Waals surface area contributed by atoms with E-state index in [1.165, 1.54) is 21.2 Å². The lowest BCUT2D eigenvalue weighted by atomic mass is 10.1. The molecule has 0 saturated carbocycles. The van der Waals surface area contributed by atoms with Crippen LogP contribution in [0, 0.1) is 0 Å². The van der Waals surface area contributed by atoms with Gasteiger partial charge < -0.3 is 0 Å². The molecule has 1 heteroatoms. The lowest BCUT2D eigenvalue weighted by Crippen LogP contribution is -1.73.